The summed E-state index contributed by atoms with van der Waals surface area (Å²) in [4.78, 5) is 24.7. The van der Waals surface area contributed by atoms with Gasteiger partial charge in [0.25, 0.3) is 0 Å². The average molecular weight is 420 g/mol. The molecule has 0 aliphatic rings. The number of carbonyl (C=O) groups excluding carboxylic acids is 2. The maximum Gasteiger partial charge on any atom is 0.242 e. The monoisotopic (exact) mass is 419 g/mol. The summed E-state index contributed by atoms with van der Waals surface area (Å²) in [6.07, 6.45) is 12.3. The van der Waals surface area contributed by atoms with Gasteiger partial charge in [-0.1, -0.05) is 64.0 Å². The highest BCUT2D eigenvalue weighted by atomic mass is 16.3. The van der Waals surface area contributed by atoms with E-state index < -0.39 is 6.04 Å². The van der Waals surface area contributed by atoms with Gasteiger partial charge in [-0.05, 0) is 43.5 Å². The standard InChI is InChI=1S/C24H41N3O3/c1-2-12-23(29)27-22(19-20-13-15-21(28)16-14-20)24(30)26-18-11-9-7-5-3-4-6-8-10-17-25/h13-16,22,28H,2-12,17-19,25H2,1H3,(H,26,30)(H,27,29)/t22-/m0/s1. The number of amides is 2. The predicted molar refractivity (Wildman–Crippen MR) is 122 cm³/mol. The molecule has 0 saturated carbocycles. The molecule has 0 heterocycles. The Kier molecular flexibility index (Phi) is 14.4. The van der Waals surface area contributed by atoms with Crippen LogP contribution in [0.4, 0.5) is 0 Å². The number of hydrogen-bond donors (Lipinski definition) is 4. The van der Waals surface area contributed by atoms with Crippen LogP contribution in [0, 0.1) is 0 Å². The number of aromatic hydroxyl groups is 1. The fourth-order valence-corrected chi connectivity index (χ4v) is 3.41. The molecule has 0 saturated heterocycles. The number of hydrogen-bond acceptors (Lipinski definition) is 4. The maximum atomic E-state index is 12.6. The first-order valence-corrected chi connectivity index (χ1v) is 11.6. The van der Waals surface area contributed by atoms with E-state index >= 15 is 0 Å². The lowest BCUT2D eigenvalue weighted by Crippen LogP contribution is -2.48. The van der Waals surface area contributed by atoms with Crippen molar-refractivity contribution in [3.05, 3.63) is 29.8 Å². The summed E-state index contributed by atoms with van der Waals surface area (Å²) < 4.78 is 0. The molecule has 6 heteroatoms. The van der Waals surface area contributed by atoms with Gasteiger partial charge in [-0.2, -0.15) is 0 Å². The maximum absolute atomic E-state index is 12.6. The lowest BCUT2D eigenvalue weighted by atomic mass is 10.0. The van der Waals surface area contributed by atoms with Crippen molar-refractivity contribution in [2.75, 3.05) is 13.1 Å². The molecule has 0 unspecified atom stereocenters. The smallest absolute Gasteiger partial charge is 0.242 e. The van der Waals surface area contributed by atoms with Crippen molar-refractivity contribution in [2.45, 2.75) is 90.0 Å². The van der Waals surface area contributed by atoms with Crippen LogP contribution in [0.25, 0.3) is 0 Å². The third-order valence-corrected chi connectivity index (χ3v) is 5.19. The highest BCUT2D eigenvalue weighted by molar-refractivity contribution is 5.87. The number of unbranched alkanes of at least 4 members (excludes halogenated alkanes) is 8. The lowest BCUT2D eigenvalue weighted by Gasteiger charge is -2.19. The summed E-state index contributed by atoms with van der Waals surface area (Å²) in [6, 6.07) is 6.14. The van der Waals surface area contributed by atoms with Crippen LogP contribution in [-0.2, 0) is 16.0 Å². The number of rotatable bonds is 17. The highest BCUT2D eigenvalue weighted by Crippen LogP contribution is 2.12. The Morgan fingerprint density at radius 1 is 0.933 bits per heavy atom. The van der Waals surface area contributed by atoms with Crippen molar-refractivity contribution >= 4 is 11.8 Å². The molecule has 0 bridgehead atoms. The summed E-state index contributed by atoms with van der Waals surface area (Å²) in [5.41, 5.74) is 6.40. The van der Waals surface area contributed by atoms with Crippen LogP contribution in [0.1, 0.15) is 83.1 Å². The first-order chi connectivity index (χ1) is 14.6. The van der Waals surface area contributed by atoms with E-state index in [1.165, 1.54) is 38.5 Å². The molecule has 1 rings (SSSR count). The molecule has 6 nitrogen and oxygen atoms in total. The van der Waals surface area contributed by atoms with Gasteiger partial charge in [0.15, 0.2) is 0 Å². The van der Waals surface area contributed by atoms with Gasteiger partial charge in [-0.15, -0.1) is 0 Å². The summed E-state index contributed by atoms with van der Waals surface area (Å²) in [7, 11) is 0. The molecule has 30 heavy (non-hydrogen) atoms. The molecule has 5 N–H and O–H groups in total. The number of phenolic OH excluding ortho intramolecular Hbond substituents is 1. The largest absolute Gasteiger partial charge is 0.508 e. The molecule has 0 aromatic heterocycles. The number of nitrogens with one attached hydrogen (secondary N) is 2. The first-order valence-electron chi connectivity index (χ1n) is 11.6. The Balaban J connectivity index is 2.30. The second-order valence-electron chi connectivity index (χ2n) is 8.00. The third-order valence-electron chi connectivity index (χ3n) is 5.19. The van der Waals surface area contributed by atoms with Gasteiger partial charge in [0.05, 0.1) is 0 Å². The first kappa shape index (κ1) is 26.0. The van der Waals surface area contributed by atoms with Crippen LogP contribution in [-0.4, -0.2) is 36.1 Å². The summed E-state index contributed by atoms with van der Waals surface area (Å²) >= 11 is 0. The topological polar surface area (TPSA) is 104 Å². The quantitative estimate of drug-likeness (QED) is 0.288. The van der Waals surface area contributed by atoms with E-state index in [0.29, 0.717) is 19.4 Å². The third kappa shape index (κ3) is 12.5. The van der Waals surface area contributed by atoms with E-state index in [1.807, 2.05) is 6.92 Å². The zero-order valence-electron chi connectivity index (χ0n) is 18.6. The second-order valence-corrected chi connectivity index (χ2v) is 8.00. The van der Waals surface area contributed by atoms with E-state index in [2.05, 4.69) is 10.6 Å². The molecule has 170 valence electrons. The van der Waals surface area contributed by atoms with Crippen molar-refractivity contribution in [1.82, 2.24) is 10.6 Å². The van der Waals surface area contributed by atoms with Gasteiger partial charge < -0.3 is 21.5 Å². The molecule has 2 amide bonds. The number of nitrogens with two attached hydrogens (primary N) is 1. The molecular weight excluding hydrogens is 378 g/mol. The van der Waals surface area contributed by atoms with Crippen LogP contribution in [0.15, 0.2) is 24.3 Å². The molecule has 1 aromatic carbocycles. The molecule has 0 spiro atoms. The molecule has 1 aromatic rings. The van der Waals surface area contributed by atoms with Gasteiger partial charge in [-0.25, -0.2) is 0 Å². The molecule has 1 atom stereocenters. The van der Waals surface area contributed by atoms with Crippen LogP contribution in [0.2, 0.25) is 0 Å². The lowest BCUT2D eigenvalue weighted by molar-refractivity contribution is -0.129. The average Bonchev–Trinajstić information content (AvgIpc) is 2.73. The minimum absolute atomic E-state index is 0.108. The predicted octanol–water partition coefficient (Wildman–Crippen LogP) is 3.81. The van der Waals surface area contributed by atoms with Crippen LogP contribution < -0.4 is 16.4 Å². The normalized spacial score (nSPS) is 11.8. The Morgan fingerprint density at radius 2 is 1.50 bits per heavy atom. The van der Waals surface area contributed by atoms with Gasteiger partial charge in [0.1, 0.15) is 11.8 Å². The van der Waals surface area contributed by atoms with Crippen molar-refractivity contribution in [3.8, 4) is 5.75 Å². The van der Waals surface area contributed by atoms with E-state index in [-0.39, 0.29) is 17.6 Å². The fourth-order valence-electron chi connectivity index (χ4n) is 3.41. The molecule has 0 fully saturated rings. The van der Waals surface area contributed by atoms with Crippen LogP contribution in [0.5, 0.6) is 5.75 Å². The number of benzene rings is 1. The summed E-state index contributed by atoms with van der Waals surface area (Å²) in [5, 5.41) is 15.3. The Labute approximate surface area is 182 Å². The van der Waals surface area contributed by atoms with Crippen molar-refractivity contribution in [2.24, 2.45) is 5.73 Å². The Bertz CT molecular complexity index is 590. The van der Waals surface area contributed by atoms with Crippen molar-refractivity contribution in [3.63, 3.8) is 0 Å². The summed E-state index contributed by atoms with van der Waals surface area (Å²) in [5.74, 6) is -0.0688. The van der Waals surface area contributed by atoms with E-state index in [0.717, 1.165) is 37.8 Å². The number of carbonyl (C=O) groups is 2. The van der Waals surface area contributed by atoms with Crippen molar-refractivity contribution < 1.29 is 14.7 Å². The number of phenols is 1. The summed E-state index contributed by atoms with van der Waals surface area (Å²) in [6.45, 7) is 3.36. The van der Waals surface area contributed by atoms with Gasteiger partial charge in [-0.3, -0.25) is 9.59 Å². The van der Waals surface area contributed by atoms with Crippen LogP contribution >= 0.6 is 0 Å². The van der Waals surface area contributed by atoms with Crippen LogP contribution in [0.3, 0.4) is 0 Å². The Hall–Kier alpha value is -2.08. The highest BCUT2D eigenvalue weighted by Gasteiger charge is 2.20. The molecule has 0 aliphatic carbocycles. The Morgan fingerprint density at radius 3 is 2.07 bits per heavy atom. The minimum Gasteiger partial charge on any atom is -0.508 e. The SMILES string of the molecule is CCCC(=O)N[C@@H](Cc1ccc(O)cc1)C(=O)NCCCCCCCCCCCN. The molecule has 0 aliphatic heterocycles. The zero-order chi connectivity index (χ0) is 22.0. The van der Waals surface area contributed by atoms with E-state index in [4.69, 9.17) is 5.73 Å². The molecular formula is C24H41N3O3. The van der Waals surface area contributed by atoms with Gasteiger partial charge in [0.2, 0.25) is 11.8 Å². The fraction of sp³-hybridized carbons (Fsp3) is 0.667. The van der Waals surface area contributed by atoms with E-state index in [9.17, 15) is 14.7 Å². The molecule has 0 radical (unpaired) electrons. The van der Waals surface area contributed by atoms with Gasteiger partial charge in [0, 0.05) is 19.4 Å². The van der Waals surface area contributed by atoms with Crippen molar-refractivity contribution in [1.29, 1.82) is 0 Å². The van der Waals surface area contributed by atoms with E-state index in [1.54, 1.807) is 24.3 Å². The zero-order valence-corrected chi connectivity index (χ0v) is 18.6. The van der Waals surface area contributed by atoms with Gasteiger partial charge >= 0.3 is 0 Å². The second kappa shape index (κ2) is 16.7. The minimum atomic E-state index is -0.595.